The van der Waals surface area contributed by atoms with Gasteiger partial charge in [0.2, 0.25) is 10.0 Å². The molecule has 21 heavy (non-hydrogen) atoms. The van der Waals surface area contributed by atoms with E-state index < -0.39 is 10.0 Å². The van der Waals surface area contributed by atoms with Crippen LogP contribution in [0.1, 0.15) is 38.1 Å². The lowest BCUT2D eigenvalue weighted by Gasteiger charge is -2.23. The molecule has 1 unspecified atom stereocenters. The summed E-state index contributed by atoms with van der Waals surface area (Å²) in [5, 5.41) is 10.1. The van der Waals surface area contributed by atoms with E-state index in [1.54, 1.807) is 6.92 Å². The van der Waals surface area contributed by atoms with E-state index in [9.17, 15) is 8.42 Å². The topological polar surface area (TPSA) is 96.1 Å². The van der Waals surface area contributed by atoms with Gasteiger partial charge in [0.05, 0.1) is 18.0 Å². The van der Waals surface area contributed by atoms with Crippen LogP contribution in [0.4, 0.5) is 0 Å². The molecule has 0 radical (unpaired) electrons. The van der Waals surface area contributed by atoms with Gasteiger partial charge in [0.15, 0.2) is 0 Å². The van der Waals surface area contributed by atoms with Crippen LogP contribution in [0.3, 0.4) is 0 Å². The Morgan fingerprint density at radius 2 is 2.24 bits per heavy atom. The Kier molecular flexibility index (Phi) is 5.37. The molecule has 1 aromatic rings. The van der Waals surface area contributed by atoms with Crippen LogP contribution in [0, 0.1) is 6.92 Å². The zero-order valence-corrected chi connectivity index (χ0v) is 13.6. The monoisotopic (exact) mass is 316 g/mol. The van der Waals surface area contributed by atoms with Gasteiger partial charge in [0.1, 0.15) is 4.90 Å². The van der Waals surface area contributed by atoms with Crippen LogP contribution in [-0.4, -0.2) is 43.9 Å². The van der Waals surface area contributed by atoms with Crippen LogP contribution in [-0.2, 0) is 21.3 Å². The number of aryl methyl sites for hydroxylation is 1. The van der Waals surface area contributed by atoms with Crippen LogP contribution >= 0.6 is 0 Å². The predicted octanol–water partition coefficient (Wildman–Crippen LogP) is 0.673. The van der Waals surface area contributed by atoms with Gasteiger partial charge in [-0.25, -0.2) is 13.1 Å². The van der Waals surface area contributed by atoms with Gasteiger partial charge < -0.3 is 10.1 Å². The fourth-order valence-corrected chi connectivity index (χ4v) is 3.98. The van der Waals surface area contributed by atoms with E-state index in [0.717, 1.165) is 12.8 Å². The number of aromatic amines is 1. The van der Waals surface area contributed by atoms with E-state index in [4.69, 9.17) is 4.74 Å². The van der Waals surface area contributed by atoms with Crippen molar-refractivity contribution in [3.05, 3.63) is 11.4 Å². The summed E-state index contributed by atoms with van der Waals surface area (Å²) in [6.45, 7) is 7.27. The molecule has 0 aliphatic carbocycles. The van der Waals surface area contributed by atoms with E-state index in [1.807, 2.05) is 13.8 Å². The minimum absolute atomic E-state index is 0.163. The molecule has 0 aromatic carbocycles. The highest BCUT2D eigenvalue weighted by atomic mass is 32.2. The molecule has 8 heteroatoms. The maximum Gasteiger partial charge on any atom is 0.244 e. The predicted molar refractivity (Wildman–Crippen MR) is 79.5 cm³/mol. The van der Waals surface area contributed by atoms with Gasteiger partial charge >= 0.3 is 0 Å². The molecule has 0 amide bonds. The van der Waals surface area contributed by atoms with E-state index in [2.05, 4.69) is 20.2 Å². The molecule has 120 valence electrons. The second-order valence-electron chi connectivity index (χ2n) is 5.70. The lowest BCUT2D eigenvalue weighted by molar-refractivity contribution is 0.0774. The normalized spacial score (nSPS) is 20.1. The molecule has 1 aliphatic heterocycles. The first-order chi connectivity index (χ1) is 9.90. The first-order valence-electron chi connectivity index (χ1n) is 7.27. The molecule has 1 fully saturated rings. The van der Waals surface area contributed by atoms with Gasteiger partial charge in [-0.1, -0.05) is 13.8 Å². The number of hydrogen-bond acceptors (Lipinski definition) is 5. The van der Waals surface area contributed by atoms with E-state index >= 15 is 0 Å². The molecule has 1 atom stereocenters. The average molecular weight is 316 g/mol. The maximum atomic E-state index is 12.6. The molecule has 3 N–H and O–H groups in total. The lowest BCUT2D eigenvalue weighted by atomic mass is 10.1. The van der Waals surface area contributed by atoms with Crippen LogP contribution in [0.5, 0.6) is 0 Å². The number of hydrogen-bond donors (Lipinski definition) is 3. The fraction of sp³-hybridized carbons (Fsp3) is 0.769. The van der Waals surface area contributed by atoms with Gasteiger partial charge in [-0.3, -0.25) is 5.10 Å². The van der Waals surface area contributed by atoms with E-state index in [-0.39, 0.29) is 17.0 Å². The third-order valence-electron chi connectivity index (χ3n) is 3.39. The largest absolute Gasteiger partial charge is 0.380 e. The van der Waals surface area contributed by atoms with E-state index in [0.29, 0.717) is 31.1 Å². The molecule has 2 rings (SSSR count). The zero-order chi connectivity index (χ0) is 15.5. The smallest absolute Gasteiger partial charge is 0.244 e. The molecule has 1 saturated heterocycles. The van der Waals surface area contributed by atoms with Crippen molar-refractivity contribution in [1.29, 1.82) is 0 Å². The SMILES string of the molecule is Cc1[nH]nc(CNC(C)C)c1S(=O)(=O)NC1CCCOC1. The summed E-state index contributed by atoms with van der Waals surface area (Å²) in [5.41, 5.74) is 1.07. The quantitative estimate of drug-likeness (QED) is 0.717. The summed E-state index contributed by atoms with van der Waals surface area (Å²) in [5.74, 6) is 0. The second-order valence-corrected chi connectivity index (χ2v) is 7.35. The van der Waals surface area contributed by atoms with Crippen molar-refractivity contribution in [3.63, 3.8) is 0 Å². The Morgan fingerprint density at radius 3 is 2.86 bits per heavy atom. The highest BCUT2D eigenvalue weighted by Gasteiger charge is 2.28. The number of aromatic nitrogens is 2. The summed E-state index contributed by atoms with van der Waals surface area (Å²) in [4.78, 5) is 0.251. The van der Waals surface area contributed by atoms with Crippen molar-refractivity contribution < 1.29 is 13.2 Å². The van der Waals surface area contributed by atoms with Crippen molar-refractivity contribution in [2.24, 2.45) is 0 Å². The highest BCUT2D eigenvalue weighted by molar-refractivity contribution is 7.89. The first-order valence-corrected chi connectivity index (χ1v) is 8.75. The number of rotatable bonds is 6. The molecule has 0 bridgehead atoms. The molecule has 1 aromatic heterocycles. The number of nitrogens with one attached hydrogen (secondary N) is 3. The van der Waals surface area contributed by atoms with Crippen LogP contribution < -0.4 is 10.0 Å². The van der Waals surface area contributed by atoms with Crippen LogP contribution in [0.15, 0.2) is 4.90 Å². The Balaban J connectivity index is 2.16. The maximum absolute atomic E-state index is 12.6. The van der Waals surface area contributed by atoms with E-state index in [1.165, 1.54) is 0 Å². The summed E-state index contributed by atoms with van der Waals surface area (Å²) < 4.78 is 33.2. The summed E-state index contributed by atoms with van der Waals surface area (Å²) in [6.07, 6.45) is 1.68. The first kappa shape index (κ1) is 16.4. The zero-order valence-electron chi connectivity index (χ0n) is 12.8. The van der Waals surface area contributed by atoms with Crippen molar-refractivity contribution in [2.75, 3.05) is 13.2 Å². The Bertz CT molecular complexity index is 562. The van der Waals surface area contributed by atoms with Gasteiger partial charge in [-0.05, 0) is 19.8 Å². The average Bonchev–Trinajstić information content (AvgIpc) is 2.79. The van der Waals surface area contributed by atoms with Gasteiger partial charge in [-0.2, -0.15) is 5.10 Å². The summed E-state index contributed by atoms with van der Waals surface area (Å²) >= 11 is 0. The number of nitrogens with zero attached hydrogens (tertiary/aromatic N) is 1. The van der Waals surface area contributed by atoms with Crippen LogP contribution in [0.25, 0.3) is 0 Å². The lowest BCUT2D eigenvalue weighted by Crippen LogP contribution is -2.41. The summed E-state index contributed by atoms with van der Waals surface area (Å²) in [7, 11) is -3.59. The Hall–Kier alpha value is -0.960. The molecular weight excluding hydrogens is 292 g/mol. The van der Waals surface area contributed by atoms with Crippen LogP contribution in [0.2, 0.25) is 0 Å². The number of H-pyrrole nitrogens is 1. The standard InChI is InChI=1S/C13H24N4O3S/c1-9(2)14-7-12-13(10(3)15-16-12)21(18,19)17-11-5-4-6-20-8-11/h9,11,14,17H,4-8H2,1-3H3,(H,15,16). The second kappa shape index (κ2) is 6.87. The molecule has 2 heterocycles. The molecule has 1 aliphatic rings. The number of ether oxygens (including phenoxy) is 1. The Morgan fingerprint density at radius 1 is 1.48 bits per heavy atom. The third kappa shape index (κ3) is 4.26. The van der Waals surface area contributed by atoms with Gasteiger partial charge in [0, 0.05) is 25.2 Å². The molecule has 7 nitrogen and oxygen atoms in total. The highest BCUT2D eigenvalue weighted by Crippen LogP contribution is 2.19. The van der Waals surface area contributed by atoms with Crippen molar-refractivity contribution in [2.45, 2.75) is 57.1 Å². The number of sulfonamides is 1. The molecular formula is C13H24N4O3S. The fourth-order valence-electron chi connectivity index (χ4n) is 2.36. The van der Waals surface area contributed by atoms with Gasteiger partial charge in [-0.15, -0.1) is 0 Å². The summed E-state index contributed by atoms with van der Waals surface area (Å²) in [6, 6.07) is 0.0984. The van der Waals surface area contributed by atoms with Crippen molar-refractivity contribution in [1.82, 2.24) is 20.2 Å². The van der Waals surface area contributed by atoms with Crippen molar-refractivity contribution in [3.8, 4) is 0 Å². The molecule has 0 spiro atoms. The third-order valence-corrected chi connectivity index (χ3v) is 5.11. The Labute approximate surface area is 125 Å². The minimum Gasteiger partial charge on any atom is -0.380 e. The van der Waals surface area contributed by atoms with Gasteiger partial charge in [0.25, 0.3) is 0 Å². The molecule has 0 saturated carbocycles. The minimum atomic E-state index is -3.59. The van der Waals surface area contributed by atoms with Crippen molar-refractivity contribution >= 4 is 10.0 Å².